The van der Waals surface area contributed by atoms with E-state index in [1.165, 1.54) is 0 Å². The van der Waals surface area contributed by atoms with E-state index in [-0.39, 0.29) is 17.7 Å². The summed E-state index contributed by atoms with van der Waals surface area (Å²) >= 11 is 0. The number of sulfonamides is 1. The van der Waals surface area contributed by atoms with Gasteiger partial charge in [-0.1, -0.05) is 13.8 Å². The summed E-state index contributed by atoms with van der Waals surface area (Å²) < 4.78 is 38.8. The minimum Gasteiger partial charge on any atom is -0.464 e. The highest BCUT2D eigenvalue weighted by Gasteiger charge is 2.38. The van der Waals surface area contributed by atoms with Gasteiger partial charge in [0, 0.05) is 19.6 Å². The second-order valence-corrected chi connectivity index (χ2v) is 8.89. The molecule has 3 heterocycles. The van der Waals surface area contributed by atoms with Crippen molar-refractivity contribution < 1.29 is 17.6 Å². The van der Waals surface area contributed by atoms with Gasteiger partial charge in [0.25, 0.3) is 0 Å². The molecule has 5 nitrogen and oxygen atoms in total. The van der Waals surface area contributed by atoms with Crippen molar-refractivity contribution in [3.63, 3.8) is 0 Å². The Hall–Kier alpha value is -0.850. The minimum absolute atomic E-state index is 0.128. The third kappa shape index (κ3) is 3.80. The van der Waals surface area contributed by atoms with Gasteiger partial charge in [-0.15, -0.1) is 0 Å². The lowest BCUT2D eigenvalue weighted by Gasteiger charge is -2.36. The first-order chi connectivity index (χ1) is 11.0. The quantitative estimate of drug-likeness (QED) is 0.826. The van der Waals surface area contributed by atoms with Gasteiger partial charge in [-0.05, 0) is 43.2 Å². The molecule has 0 N–H and O–H groups in total. The number of rotatable bonds is 5. The lowest BCUT2D eigenvalue weighted by molar-refractivity contribution is 0.179. The van der Waals surface area contributed by atoms with Gasteiger partial charge in [0.2, 0.25) is 10.0 Å². The fourth-order valence-electron chi connectivity index (χ4n) is 3.58. The zero-order valence-corrected chi connectivity index (χ0v) is 14.8. The first-order valence-electron chi connectivity index (χ1n) is 8.65. The first-order valence-corrected chi connectivity index (χ1v) is 10.3. The Morgan fingerprint density at radius 1 is 1.30 bits per heavy atom. The third-order valence-electron chi connectivity index (χ3n) is 5.00. The van der Waals surface area contributed by atoms with E-state index in [1.807, 2.05) is 19.1 Å². The maximum absolute atomic E-state index is 12.9. The molecule has 0 radical (unpaired) electrons. The fourth-order valence-corrected chi connectivity index (χ4v) is 5.59. The molecule has 0 aromatic carbocycles. The molecular formula is C17H27NO4S. The summed E-state index contributed by atoms with van der Waals surface area (Å²) in [5.74, 6) is 2.54. The van der Waals surface area contributed by atoms with Crippen LogP contribution in [0.5, 0.6) is 0 Å². The summed E-state index contributed by atoms with van der Waals surface area (Å²) in [4.78, 5) is 0. The van der Waals surface area contributed by atoms with Crippen LogP contribution >= 0.6 is 0 Å². The molecule has 2 fully saturated rings. The summed E-state index contributed by atoms with van der Waals surface area (Å²) in [5, 5.41) is 0. The van der Waals surface area contributed by atoms with Gasteiger partial charge >= 0.3 is 0 Å². The van der Waals surface area contributed by atoms with Gasteiger partial charge in [-0.2, -0.15) is 4.31 Å². The SMILES string of the molecule is CCc1ccc([C@@H]2C[C@@H](C)CCN2S(=O)(=O)C[C@@H]2CCOC2)o1. The van der Waals surface area contributed by atoms with Crippen molar-refractivity contribution in [3.05, 3.63) is 23.7 Å². The van der Waals surface area contributed by atoms with Crippen molar-refractivity contribution in [3.8, 4) is 0 Å². The zero-order chi connectivity index (χ0) is 16.4. The number of aryl methyl sites for hydroxylation is 1. The van der Waals surface area contributed by atoms with Gasteiger partial charge in [0.1, 0.15) is 11.5 Å². The smallest absolute Gasteiger partial charge is 0.215 e. The number of furan rings is 1. The highest BCUT2D eigenvalue weighted by atomic mass is 32.2. The molecule has 0 unspecified atom stereocenters. The first kappa shape index (κ1) is 17.0. The summed E-state index contributed by atoms with van der Waals surface area (Å²) in [6.07, 6.45) is 3.42. The molecule has 1 aromatic heterocycles. The van der Waals surface area contributed by atoms with Crippen molar-refractivity contribution in [2.75, 3.05) is 25.5 Å². The summed E-state index contributed by atoms with van der Waals surface area (Å²) in [5.41, 5.74) is 0. The maximum atomic E-state index is 12.9. The number of piperidine rings is 1. The van der Waals surface area contributed by atoms with Gasteiger partial charge < -0.3 is 9.15 Å². The zero-order valence-electron chi connectivity index (χ0n) is 14.0. The molecule has 1 aromatic rings. The van der Waals surface area contributed by atoms with E-state index in [0.29, 0.717) is 25.7 Å². The molecule has 0 bridgehead atoms. The van der Waals surface area contributed by atoms with Crippen LogP contribution in [0.3, 0.4) is 0 Å². The molecule has 6 heteroatoms. The molecule has 2 aliphatic heterocycles. The standard InChI is InChI=1S/C17H27NO4S/c1-3-15-4-5-17(22-15)16-10-13(2)6-8-18(16)23(19,20)12-14-7-9-21-11-14/h4-5,13-14,16H,3,6-12H2,1-2H3/t13-,14+,16-/m0/s1. The van der Waals surface area contributed by atoms with Crippen LogP contribution in [0, 0.1) is 11.8 Å². The predicted molar refractivity (Wildman–Crippen MR) is 88.6 cm³/mol. The van der Waals surface area contributed by atoms with Crippen LogP contribution in [0.25, 0.3) is 0 Å². The normalized spacial score (nSPS) is 29.9. The number of hydrogen-bond acceptors (Lipinski definition) is 4. The van der Waals surface area contributed by atoms with E-state index in [1.54, 1.807) is 4.31 Å². The lowest BCUT2D eigenvalue weighted by Crippen LogP contribution is -2.42. The average Bonchev–Trinajstić information content (AvgIpc) is 3.17. The van der Waals surface area contributed by atoms with E-state index in [4.69, 9.17) is 9.15 Å². The molecule has 3 rings (SSSR count). The molecule has 0 spiro atoms. The highest BCUT2D eigenvalue weighted by molar-refractivity contribution is 7.89. The van der Waals surface area contributed by atoms with Crippen molar-refractivity contribution in [2.24, 2.45) is 11.8 Å². The molecule has 0 aliphatic carbocycles. The second kappa shape index (κ2) is 6.95. The molecular weight excluding hydrogens is 314 g/mol. The number of ether oxygens (including phenoxy) is 1. The van der Waals surface area contributed by atoms with Crippen LogP contribution in [-0.2, 0) is 21.2 Å². The predicted octanol–water partition coefficient (Wildman–Crippen LogP) is 2.98. The van der Waals surface area contributed by atoms with Crippen molar-refractivity contribution >= 4 is 10.0 Å². The Kier molecular flexibility index (Phi) is 5.13. The minimum atomic E-state index is -3.29. The Morgan fingerprint density at radius 2 is 2.13 bits per heavy atom. The summed E-state index contributed by atoms with van der Waals surface area (Å²) in [6, 6.07) is 3.75. The van der Waals surface area contributed by atoms with E-state index in [9.17, 15) is 8.42 Å². The largest absolute Gasteiger partial charge is 0.464 e. The number of hydrogen-bond donors (Lipinski definition) is 0. The van der Waals surface area contributed by atoms with Crippen LogP contribution in [0.1, 0.15) is 50.7 Å². The Balaban J connectivity index is 1.81. The molecule has 2 saturated heterocycles. The molecule has 23 heavy (non-hydrogen) atoms. The van der Waals surface area contributed by atoms with Crippen LogP contribution in [0.15, 0.2) is 16.5 Å². The van der Waals surface area contributed by atoms with Gasteiger partial charge in [0.05, 0.1) is 18.4 Å². The monoisotopic (exact) mass is 341 g/mol. The Labute approximate surface area is 139 Å². The van der Waals surface area contributed by atoms with Crippen LogP contribution in [0.2, 0.25) is 0 Å². The van der Waals surface area contributed by atoms with Crippen LogP contribution in [0.4, 0.5) is 0 Å². The maximum Gasteiger partial charge on any atom is 0.215 e. The third-order valence-corrected chi connectivity index (χ3v) is 7.05. The topological polar surface area (TPSA) is 59.8 Å². The van der Waals surface area contributed by atoms with Crippen LogP contribution < -0.4 is 0 Å². The Morgan fingerprint density at radius 3 is 2.78 bits per heavy atom. The average molecular weight is 341 g/mol. The van der Waals surface area contributed by atoms with Crippen molar-refractivity contribution in [2.45, 2.75) is 45.6 Å². The van der Waals surface area contributed by atoms with E-state index in [0.717, 1.165) is 37.2 Å². The number of nitrogens with zero attached hydrogens (tertiary/aromatic N) is 1. The summed E-state index contributed by atoms with van der Waals surface area (Å²) in [6.45, 7) is 6.06. The molecule has 3 atom stereocenters. The molecule has 2 aliphatic rings. The molecule has 130 valence electrons. The van der Waals surface area contributed by atoms with Crippen molar-refractivity contribution in [1.29, 1.82) is 0 Å². The molecule has 0 saturated carbocycles. The molecule has 0 amide bonds. The van der Waals surface area contributed by atoms with Crippen LogP contribution in [-0.4, -0.2) is 38.2 Å². The van der Waals surface area contributed by atoms with E-state index in [2.05, 4.69) is 6.92 Å². The van der Waals surface area contributed by atoms with Gasteiger partial charge in [-0.25, -0.2) is 8.42 Å². The van der Waals surface area contributed by atoms with Crippen molar-refractivity contribution in [1.82, 2.24) is 4.31 Å². The van der Waals surface area contributed by atoms with Gasteiger partial charge in [-0.3, -0.25) is 0 Å². The fraction of sp³-hybridized carbons (Fsp3) is 0.765. The van der Waals surface area contributed by atoms with E-state index >= 15 is 0 Å². The highest BCUT2D eigenvalue weighted by Crippen LogP contribution is 2.37. The Bertz CT molecular complexity index is 618. The second-order valence-electron chi connectivity index (χ2n) is 6.92. The lowest BCUT2D eigenvalue weighted by atomic mass is 9.93. The van der Waals surface area contributed by atoms with E-state index < -0.39 is 10.0 Å². The van der Waals surface area contributed by atoms with Gasteiger partial charge in [0.15, 0.2) is 0 Å². The summed E-state index contributed by atoms with van der Waals surface area (Å²) in [7, 11) is -3.29.